The Morgan fingerprint density at radius 2 is 2.13 bits per heavy atom. The normalized spacial score (nSPS) is 11.9. The zero-order valence-corrected chi connectivity index (χ0v) is 7.88. The maximum atomic E-state index is 12.5. The SMILES string of the molecule is Cc1cnccc1OCC(F)(F)C(F)F. The minimum Gasteiger partial charge on any atom is -0.487 e. The van der Waals surface area contributed by atoms with Gasteiger partial charge in [-0.15, -0.1) is 0 Å². The minimum absolute atomic E-state index is 0.130. The molecule has 0 aromatic carbocycles. The highest BCUT2D eigenvalue weighted by atomic mass is 19.3. The van der Waals surface area contributed by atoms with E-state index < -0.39 is 19.0 Å². The van der Waals surface area contributed by atoms with E-state index in [1.807, 2.05) is 0 Å². The van der Waals surface area contributed by atoms with Gasteiger partial charge in [0.1, 0.15) is 5.75 Å². The lowest BCUT2D eigenvalue weighted by molar-refractivity contribution is -0.148. The van der Waals surface area contributed by atoms with Crippen molar-refractivity contribution in [3.63, 3.8) is 0 Å². The molecule has 15 heavy (non-hydrogen) atoms. The van der Waals surface area contributed by atoms with E-state index in [1.165, 1.54) is 18.5 Å². The largest absolute Gasteiger partial charge is 0.487 e. The maximum Gasteiger partial charge on any atom is 0.340 e. The molecule has 0 aliphatic rings. The standard InChI is InChI=1S/C9H9F4NO/c1-6-4-14-3-2-7(6)15-5-9(12,13)8(10)11/h2-4,8H,5H2,1H3. The van der Waals surface area contributed by atoms with E-state index in [-0.39, 0.29) is 5.75 Å². The van der Waals surface area contributed by atoms with Crippen LogP contribution in [0.15, 0.2) is 18.5 Å². The molecule has 0 amide bonds. The van der Waals surface area contributed by atoms with Crippen LogP contribution in [0.2, 0.25) is 0 Å². The molecule has 0 bridgehead atoms. The fourth-order valence-electron chi connectivity index (χ4n) is 0.860. The van der Waals surface area contributed by atoms with E-state index >= 15 is 0 Å². The summed E-state index contributed by atoms with van der Waals surface area (Å²) in [4.78, 5) is 3.71. The Balaban J connectivity index is 2.62. The van der Waals surface area contributed by atoms with Crippen LogP contribution in [0.3, 0.4) is 0 Å². The number of pyridine rings is 1. The molecule has 0 atom stereocenters. The summed E-state index contributed by atoms with van der Waals surface area (Å²) in [5, 5.41) is 0. The van der Waals surface area contributed by atoms with Crippen LogP contribution in [-0.4, -0.2) is 23.9 Å². The van der Waals surface area contributed by atoms with Crippen molar-refractivity contribution in [1.29, 1.82) is 0 Å². The summed E-state index contributed by atoms with van der Waals surface area (Å²) in [7, 11) is 0. The van der Waals surface area contributed by atoms with Gasteiger partial charge in [-0.2, -0.15) is 8.78 Å². The third-order valence-electron chi connectivity index (χ3n) is 1.71. The Bertz CT molecular complexity index is 330. The second kappa shape index (κ2) is 4.46. The predicted molar refractivity (Wildman–Crippen MR) is 45.4 cm³/mol. The number of hydrogen-bond donors (Lipinski definition) is 0. The molecule has 2 nitrogen and oxygen atoms in total. The van der Waals surface area contributed by atoms with Gasteiger partial charge in [-0.3, -0.25) is 4.98 Å². The monoisotopic (exact) mass is 223 g/mol. The van der Waals surface area contributed by atoms with E-state index in [2.05, 4.69) is 9.72 Å². The molecular formula is C9H9F4NO. The molecule has 6 heteroatoms. The number of halogens is 4. The maximum absolute atomic E-state index is 12.5. The first-order valence-electron chi connectivity index (χ1n) is 4.13. The molecule has 0 saturated heterocycles. The lowest BCUT2D eigenvalue weighted by atomic mass is 10.3. The van der Waals surface area contributed by atoms with Crippen molar-refractivity contribution >= 4 is 0 Å². The van der Waals surface area contributed by atoms with Gasteiger partial charge in [-0.1, -0.05) is 0 Å². The molecule has 0 aliphatic heterocycles. The lowest BCUT2D eigenvalue weighted by Crippen LogP contribution is -2.33. The van der Waals surface area contributed by atoms with E-state index in [0.717, 1.165) is 0 Å². The summed E-state index contributed by atoms with van der Waals surface area (Å²) in [5.74, 6) is -4.00. The summed E-state index contributed by atoms with van der Waals surface area (Å²) >= 11 is 0. The van der Waals surface area contributed by atoms with E-state index in [1.54, 1.807) is 6.92 Å². The van der Waals surface area contributed by atoms with Gasteiger partial charge in [0.2, 0.25) is 0 Å². The molecule has 0 spiro atoms. The van der Waals surface area contributed by atoms with Gasteiger partial charge in [0.25, 0.3) is 0 Å². The first kappa shape index (κ1) is 11.7. The molecule has 1 rings (SSSR count). The second-order valence-corrected chi connectivity index (χ2v) is 2.99. The van der Waals surface area contributed by atoms with Gasteiger partial charge < -0.3 is 4.74 Å². The summed E-state index contributed by atoms with van der Waals surface area (Å²) in [6.45, 7) is 0.248. The van der Waals surface area contributed by atoms with Crippen molar-refractivity contribution in [2.24, 2.45) is 0 Å². The third-order valence-corrected chi connectivity index (χ3v) is 1.71. The fourth-order valence-corrected chi connectivity index (χ4v) is 0.860. The van der Waals surface area contributed by atoms with Gasteiger partial charge in [0, 0.05) is 18.0 Å². The number of rotatable bonds is 4. The third kappa shape index (κ3) is 3.07. The molecule has 0 N–H and O–H groups in total. The molecule has 0 fully saturated rings. The van der Waals surface area contributed by atoms with Crippen molar-refractivity contribution < 1.29 is 22.3 Å². The van der Waals surface area contributed by atoms with Crippen LogP contribution >= 0.6 is 0 Å². The van der Waals surface area contributed by atoms with Gasteiger partial charge in [-0.05, 0) is 13.0 Å². The van der Waals surface area contributed by atoms with Gasteiger partial charge in [0.05, 0.1) is 0 Å². The van der Waals surface area contributed by atoms with Gasteiger partial charge >= 0.3 is 12.3 Å². The number of nitrogens with zero attached hydrogens (tertiary/aromatic N) is 1. The van der Waals surface area contributed by atoms with Crippen molar-refractivity contribution in [2.45, 2.75) is 19.3 Å². The van der Waals surface area contributed by atoms with Crippen LogP contribution < -0.4 is 4.74 Å². The van der Waals surface area contributed by atoms with Crippen molar-refractivity contribution in [1.82, 2.24) is 4.98 Å². The van der Waals surface area contributed by atoms with Crippen LogP contribution in [0.5, 0.6) is 5.75 Å². The average Bonchev–Trinajstić information content (AvgIpc) is 2.16. The van der Waals surface area contributed by atoms with Gasteiger partial charge in [0.15, 0.2) is 6.61 Å². The quantitative estimate of drug-likeness (QED) is 0.732. The van der Waals surface area contributed by atoms with Crippen LogP contribution in [0.4, 0.5) is 17.6 Å². The van der Waals surface area contributed by atoms with E-state index in [4.69, 9.17) is 0 Å². The summed E-state index contributed by atoms with van der Waals surface area (Å²) in [5.41, 5.74) is 0.516. The molecule has 1 aromatic rings. The molecule has 0 aliphatic carbocycles. The summed E-state index contributed by atoms with van der Waals surface area (Å²) in [6, 6.07) is 1.34. The van der Waals surface area contributed by atoms with E-state index in [0.29, 0.717) is 5.56 Å². The summed E-state index contributed by atoms with van der Waals surface area (Å²) in [6.07, 6.45) is -0.988. The molecule has 84 valence electrons. The Labute approximate surface area is 83.9 Å². The minimum atomic E-state index is -4.13. The molecular weight excluding hydrogens is 214 g/mol. The Kier molecular flexibility index (Phi) is 3.49. The highest BCUT2D eigenvalue weighted by Crippen LogP contribution is 2.25. The Hall–Kier alpha value is -1.33. The highest BCUT2D eigenvalue weighted by Gasteiger charge is 2.41. The zero-order valence-electron chi connectivity index (χ0n) is 7.88. The number of aromatic nitrogens is 1. The van der Waals surface area contributed by atoms with E-state index in [9.17, 15) is 17.6 Å². The first-order valence-corrected chi connectivity index (χ1v) is 4.13. The predicted octanol–water partition coefficient (Wildman–Crippen LogP) is 2.67. The summed E-state index contributed by atoms with van der Waals surface area (Å²) < 4.78 is 53.1. The van der Waals surface area contributed by atoms with Crippen LogP contribution in [0.1, 0.15) is 5.56 Å². The van der Waals surface area contributed by atoms with Crippen molar-refractivity contribution in [3.05, 3.63) is 24.0 Å². The van der Waals surface area contributed by atoms with Gasteiger partial charge in [-0.25, -0.2) is 8.78 Å². The highest BCUT2D eigenvalue weighted by molar-refractivity contribution is 5.28. The lowest BCUT2D eigenvalue weighted by Gasteiger charge is -2.16. The Morgan fingerprint density at radius 3 is 2.67 bits per heavy atom. The molecule has 0 saturated carbocycles. The molecule has 1 heterocycles. The molecule has 1 aromatic heterocycles. The average molecular weight is 223 g/mol. The second-order valence-electron chi connectivity index (χ2n) is 2.99. The topological polar surface area (TPSA) is 22.1 Å². The number of alkyl halides is 4. The number of hydrogen-bond acceptors (Lipinski definition) is 2. The Morgan fingerprint density at radius 1 is 1.47 bits per heavy atom. The van der Waals surface area contributed by atoms with Crippen molar-refractivity contribution in [2.75, 3.05) is 6.61 Å². The van der Waals surface area contributed by atoms with Crippen LogP contribution in [-0.2, 0) is 0 Å². The smallest absolute Gasteiger partial charge is 0.340 e. The zero-order chi connectivity index (χ0) is 11.5. The number of aryl methyl sites for hydroxylation is 1. The first-order chi connectivity index (χ1) is 6.93. The molecule has 0 unspecified atom stereocenters. The van der Waals surface area contributed by atoms with Crippen LogP contribution in [0.25, 0.3) is 0 Å². The fraction of sp³-hybridized carbons (Fsp3) is 0.444. The van der Waals surface area contributed by atoms with Crippen LogP contribution in [0, 0.1) is 6.92 Å². The number of ether oxygens (including phenoxy) is 1. The molecule has 0 radical (unpaired) electrons. The van der Waals surface area contributed by atoms with Crippen molar-refractivity contribution in [3.8, 4) is 5.75 Å².